The zero-order valence-electron chi connectivity index (χ0n) is 33.7. The van der Waals surface area contributed by atoms with Crippen LogP contribution in [-0.4, -0.2) is 44.3 Å². The van der Waals surface area contributed by atoms with E-state index in [1.54, 1.807) is 36.7 Å². The van der Waals surface area contributed by atoms with E-state index >= 15 is 0 Å². The lowest BCUT2D eigenvalue weighted by Gasteiger charge is -2.20. The fourth-order valence-electron chi connectivity index (χ4n) is 7.24. The monoisotopic (exact) mass is 855 g/mol. The molecular formula is C48H43Cl2N5O6. The van der Waals surface area contributed by atoms with E-state index in [2.05, 4.69) is 53.0 Å². The predicted molar refractivity (Wildman–Crippen MR) is 231 cm³/mol. The van der Waals surface area contributed by atoms with Gasteiger partial charge in [0.25, 0.3) is 0 Å². The number of aliphatic hydroxyl groups is 2. The van der Waals surface area contributed by atoms with Gasteiger partial charge in [0.05, 0.1) is 33.9 Å². The van der Waals surface area contributed by atoms with Gasteiger partial charge in [0.15, 0.2) is 0 Å². The fourth-order valence-corrected chi connectivity index (χ4v) is 7.72. The van der Waals surface area contributed by atoms with Crippen molar-refractivity contribution in [3.63, 3.8) is 0 Å². The highest BCUT2D eigenvalue weighted by Crippen LogP contribution is 2.38. The minimum absolute atomic E-state index is 0.139. The average Bonchev–Trinajstić information content (AvgIpc) is 3.69. The number of nitrogens with zero attached hydrogens (tertiary/aromatic N) is 5. The van der Waals surface area contributed by atoms with Crippen LogP contribution in [0.2, 0.25) is 10.0 Å². The summed E-state index contributed by atoms with van der Waals surface area (Å²) in [5.74, 6) is 1.87. The summed E-state index contributed by atoms with van der Waals surface area (Å²) < 4.78 is 25.0. The van der Waals surface area contributed by atoms with Gasteiger partial charge in [0.1, 0.15) is 61.6 Å². The number of pyridine rings is 2. The van der Waals surface area contributed by atoms with Gasteiger partial charge >= 0.3 is 0 Å². The molecule has 4 aromatic carbocycles. The Bertz CT molecular complexity index is 2630. The standard InChI is InChI=1S/C48H43Cl2N5O6/c1-30-36(28-60-47-15-45(58-26-34-11-32(17-51)19-53-21-34)38(13-43(47)49)23-55-10-9-40(57)24-55)5-3-7-41(30)42-8-4-6-37(31(42)2)29-61-48-16-46(39(25-56)14-44(48)50)59-27-35-12-33(18-52)20-54-22-35/h3-8,11-16,19-22,40,56-57H,9-10,23-29H2,1-2H3. The first kappa shape index (κ1) is 42.9. The van der Waals surface area contributed by atoms with Crippen LogP contribution in [0, 0.1) is 36.5 Å². The van der Waals surface area contributed by atoms with Gasteiger partial charge in [0, 0.05) is 78.8 Å². The van der Waals surface area contributed by atoms with Crippen molar-refractivity contribution in [1.82, 2.24) is 14.9 Å². The second kappa shape index (κ2) is 19.9. The summed E-state index contributed by atoms with van der Waals surface area (Å²) >= 11 is 13.5. The minimum Gasteiger partial charge on any atom is -0.488 e. The van der Waals surface area contributed by atoms with Crippen molar-refractivity contribution in [2.24, 2.45) is 0 Å². The molecule has 0 bridgehead atoms. The molecule has 11 nitrogen and oxygen atoms in total. The van der Waals surface area contributed by atoms with Gasteiger partial charge in [-0.25, -0.2) is 0 Å². The molecule has 0 radical (unpaired) electrons. The van der Waals surface area contributed by atoms with Crippen molar-refractivity contribution in [2.45, 2.75) is 66.0 Å². The number of nitriles is 2. The smallest absolute Gasteiger partial charge is 0.142 e. The molecule has 310 valence electrons. The molecule has 2 N–H and O–H groups in total. The number of rotatable bonds is 16. The lowest BCUT2D eigenvalue weighted by atomic mass is 9.92. The van der Waals surface area contributed by atoms with Gasteiger partial charge in [-0.3, -0.25) is 14.9 Å². The van der Waals surface area contributed by atoms with Crippen LogP contribution in [-0.2, 0) is 39.6 Å². The summed E-state index contributed by atoms with van der Waals surface area (Å²) in [6, 6.07) is 26.8. The highest BCUT2D eigenvalue weighted by Gasteiger charge is 2.23. The van der Waals surface area contributed by atoms with E-state index in [4.69, 9.17) is 42.1 Å². The number of β-amino-alcohol motifs (C(OH)–C–C–N with tert-alkyl or cyclic N) is 1. The third-order valence-electron chi connectivity index (χ3n) is 10.6. The maximum Gasteiger partial charge on any atom is 0.142 e. The molecular weight excluding hydrogens is 813 g/mol. The van der Waals surface area contributed by atoms with Gasteiger partial charge in [-0.15, -0.1) is 0 Å². The van der Waals surface area contributed by atoms with Crippen molar-refractivity contribution in [3.05, 3.63) is 163 Å². The molecule has 1 unspecified atom stereocenters. The molecule has 0 amide bonds. The van der Waals surface area contributed by atoms with E-state index in [0.717, 1.165) is 51.1 Å². The van der Waals surface area contributed by atoms with Crippen LogP contribution in [0.25, 0.3) is 11.1 Å². The first-order chi connectivity index (χ1) is 29.6. The second-order valence-corrected chi connectivity index (χ2v) is 15.7. The molecule has 0 aliphatic carbocycles. The summed E-state index contributed by atoms with van der Waals surface area (Å²) in [5, 5.41) is 39.5. The molecule has 0 spiro atoms. The number of aromatic nitrogens is 2. The Hall–Kier alpha value is -6.18. The first-order valence-corrected chi connectivity index (χ1v) is 20.4. The van der Waals surface area contributed by atoms with Crippen LogP contribution < -0.4 is 18.9 Å². The van der Waals surface area contributed by atoms with Crippen molar-refractivity contribution in [3.8, 4) is 46.3 Å². The Morgan fingerprint density at radius 1 is 0.656 bits per heavy atom. The number of likely N-dealkylation sites (tertiary alicyclic amines) is 1. The van der Waals surface area contributed by atoms with E-state index in [-0.39, 0.29) is 39.1 Å². The molecule has 0 saturated carbocycles. The normalized spacial score (nSPS) is 13.7. The van der Waals surface area contributed by atoms with Gasteiger partial charge in [-0.1, -0.05) is 59.6 Å². The molecule has 7 rings (SSSR count). The first-order valence-electron chi connectivity index (χ1n) is 19.6. The highest BCUT2D eigenvalue weighted by molar-refractivity contribution is 6.32. The van der Waals surface area contributed by atoms with Crippen LogP contribution in [0.1, 0.15) is 62.1 Å². The highest BCUT2D eigenvalue weighted by atomic mass is 35.5. The Morgan fingerprint density at radius 3 is 1.62 bits per heavy atom. The topological polar surface area (TPSA) is 154 Å². The molecule has 1 aliphatic heterocycles. The Labute approximate surface area is 364 Å². The number of benzene rings is 4. The van der Waals surface area contributed by atoms with E-state index in [1.165, 1.54) is 12.4 Å². The van der Waals surface area contributed by atoms with Crippen molar-refractivity contribution < 1.29 is 29.2 Å². The maximum absolute atomic E-state index is 10.1. The number of halogens is 2. The Morgan fingerprint density at radius 2 is 1.15 bits per heavy atom. The Kier molecular flexibility index (Phi) is 14.0. The van der Waals surface area contributed by atoms with Gasteiger partial charge in [-0.2, -0.15) is 10.5 Å². The minimum atomic E-state index is -0.365. The predicted octanol–water partition coefficient (Wildman–Crippen LogP) is 9.19. The molecule has 1 saturated heterocycles. The number of hydrogen-bond donors (Lipinski definition) is 2. The SMILES string of the molecule is Cc1c(COc2cc(OCc3cncc(C#N)c3)c(CO)cc2Cl)cccc1-c1cccc(COc2cc(OCc3cncc(C#N)c3)c(CN3CCC(O)C3)cc2Cl)c1C. The molecule has 1 atom stereocenters. The van der Waals surface area contributed by atoms with Gasteiger partial charge in [0.2, 0.25) is 0 Å². The average molecular weight is 857 g/mol. The summed E-state index contributed by atoms with van der Waals surface area (Å²) in [5.41, 5.74) is 9.81. The largest absolute Gasteiger partial charge is 0.488 e. The molecule has 13 heteroatoms. The van der Waals surface area contributed by atoms with Gasteiger partial charge in [-0.05, 0) is 77.9 Å². The zero-order valence-corrected chi connectivity index (χ0v) is 35.2. The molecule has 2 aromatic heterocycles. The van der Waals surface area contributed by atoms with Crippen molar-refractivity contribution >= 4 is 23.2 Å². The quantitative estimate of drug-likeness (QED) is 0.0958. The Balaban J connectivity index is 1.07. The summed E-state index contributed by atoms with van der Waals surface area (Å²) in [6.07, 6.45) is 6.63. The molecule has 1 aliphatic rings. The number of aliphatic hydroxyl groups excluding tert-OH is 2. The lowest BCUT2D eigenvalue weighted by molar-refractivity contribution is 0.174. The van der Waals surface area contributed by atoms with Crippen LogP contribution in [0.3, 0.4) is 0 Å². The third kappa shape index (κ3) is 10.6. The third-order valence-corrected chi connectivity index (χ3v) is 11.2. The van der Waals surface area contributed by atoms with Crippen molar-refractivity contribution in [2.75, 3.05) is 13.1 Å². The molecule has 1 fully saturated rings. The van der Waals surface area contributed by atoms with E-state index < -0.39 is 0 Å². The fraction of sp³-hybridized carbons (Fsp3) is 0.250. The van der Waals surface area contributed by atoms with E-state index in [9.17, 15) is 20.7 Å². The van der Waals surface area contributed by atoms with E-state index in [0.29, 0.717) is 74.8 Å². The summed E-state index contributed by atoms with van der Waals surface area (Å²) in [7, 11) is 0. The molecule has 6 aromatic rings. The molecule has 61 heavy (non-hydrogen) atoms. The zero-order chi connectivity index (χ0) is 42.9. The maximum atomic E-state index is 10.1. The number of hydrogen-bond acceptors (Lipinski definition) is 11. The summed E-state index contributed by atoms with van der Waals surface area (Å²) in [6.45, 7) is 6.54. The van der Waals surface area contributed by atoms with Crippen LogP contribution in [0.15, 0.2) is 97.6 Å². The number of ether oxygens (including phenoxy) is 4. The summed E-state index contributed by atoms with van der Waals surface area (Å²) in [4.78, 5) is 10.4. The lowest BCUT2D eigenvalue weighted by Crippen LogP contribution is -2.22. The van der Waals surface area contributed by atoms with Crippen molar-refractivity contribution in [1.29, 1.82) is 10.5 Å². The van der Waals surface area contributed by atoms with Crippen LogP contribution in [0.4, 0.5) is 0 Å². The van der Waals surface area contributed by atoms with Gasteiger partial charge < -0.3 is 29.2 Å². The second-order valence-electron chi connectivity index (χ2n) is 14.8. The molecule has 3 heterocycles. The van der Waals surface area contributed by atoms with Crippen LogP contribution >= 0.6 is 23.2 Å². The van der Waals surface area contributed by atoms with E-state index in [1.807, 2.05) is 36.4 Å². The van der Waals surface area contributed by atoms with Crippen LogP contribution in [0.5, 0.6) is 23.0 Å².